The van der Waals surface area contributed by atoms with Crippen LogP contribution in [0, 0.1) is 5.41 Å². The Kier molecular flexibility index (Phi) is 3.38. The van der Waals surface area contributed by atoms with Gasteiger partial charge in [-0.25, -0.2) is 0 Å². The lowest BCUT2D eigenvalue weighted by molar-refractivity contribution is 0.138. The number of aliphatic hydroxyl groups excluding tert-OH is 1. The molecule has 1 N–H and O–H groups in total. The maximum atomic E-state index is 9.85. The minimum Gasteiger partial charge on any atom is -0.389 e. The quantitative estimate of drug-likeness (QED) is 0.816. The molecule has 17 heavy (non-hydrogen) atoms. The van der Waals surface area contributed by atoms with Crippen molar-refractivity contribution in [3.05, 3.63) is 29.6 Å². The van der Waals surface area contributed by atoms with Crippen LogP contribution in [-0.2, 0) is 13.0 Å². The third-order valence-electron chi connectivity index (χ3n) is 3.34. The monoisotopic (exact) mass is 234 g/mol. The van der Waals surface area contributed by atoms with Crippen LogP contribution in [0.25, 0.3) is 0 Å². The Bertz CT molecular complexity index is 418. The van der Waals surface area contributed by atoms with Gasteiger partial charge in [0.2, 0.25) is 0 Å². The molecule has 3 nitrogen and oxygen atoms in total. The van der Waals surface area contributed by atoms with Crippen molar-refractivity contribution in [1.82, 2.24) is 9.78 Å². The van der Waals surface area contributed by atoms with E-state index in [1.165, 1.54) is 11.1 Å². The van der Waals surface area contributed by atoms with Gasteiger partial charge in [-0.2, -0.15) is 5.10 Å². The molecule has 0 aliphatic heterocycles. The van der Waals surface area contributed by atoms with Crippen molar-refractivity contribution in [3.63, 3.8) is 0 Å². The van der Waals surface area contributed by atoms with Crippen LogP contribution in [0.3, 0.4) is 0 Å². The molecule has 1 aliphatic rings. The van der Waals surface area contributed by atoms with Crippen LogP contribution in [0.4, 0.5) is 0 Å². The van der Waals surface area contributed by atoms with Crippen molar-refractivity contribution >= 4 is 0 Å². The first-order valence-electron chi connectivity index (χ1n) is 6.37. The molecular weight excluding hydrogens is 212 g/mol. The van der Waals surface area contributed by atoms with E-state index >= 15 is 0 Å². The minimum absolute atomic E-state index is 0.213. The maximum absolute atomic E-state index is 9.85. The molecule has 1 aliphatic carbocycles. The number of aromatic nitrogens is 2. The first kappa shape index (κ1) is 12.4. The largest absolute Gasteiger partial charge is 0.389 e. The molecule has 0 bridgehead atoms. The van der Waals surface area contributed by atoms with E-state index in [4.69, 9.17) is 0 Å². The van der Waals surface area contributed by atoms with E-state index in [1.54, 1.807) is 0 Å². The third-order valence-corrected chi connectivity index (χ3v) is 3.34. The Morgan fingerprint density at radius 2 is 2.29 bits per heavy atom. The van der Waals surface area contributed by atoms with E-state index in [0.717, 1.165) is 25.8 Å². The van der Waals surface area contributed by atoms with Crippen molar-refractivity contribution < 1.29 is 5.11 Å². The third kappa shape index (κ3) is 3.19. The molecule has 0 spiro atoms. The maximum Gasteiger partial charge on any atom is 0.0728 e. The van der Waals surface area contributed by atoms with Gasteiger partial charge in [0.25, 0.3) is 0 Å². The molecule has 2 rings (SSSR count). The number of hydrogen-bond donors (Lipinski definition) is 1. The molecule has 3 heteroatoms. The fourth-order valence-electron chi connectivity index (χ4n) is 2.70. The predicted molar refractivity (Wildman–Crippen MR) is 68.7 cm³/mol. The second kappa shape index (κ2) is 4.65. The molecular formula is C14H22N2O. The van der Waals surface area contributed by atoms with Crippen LogP contribution in [0.15, 0.2) is 24.0 Å². The number of rotatable bonds is 3. The summed E-state index contributed by atoms with van der Waals surface area (Å²) in [5.41, 5.74) is 2.79. The van der Waals surface area contributed by atoms with Crippen LogP contribution < -0.4 is 0 Å². The zero-order valence-electron chi connectivity index (χ0n) is 11.0. The zero-order valence-corrected chi connectivity index (χ0v) is 11.0. The van der Waals surface area contributed by atoms with Crippen LogP contribution in [0.2, 0.25) is 0 Å². The molecule has 1 aromatic rings. The summed E-state index contributed by atoms with van der Waals surface area (Å²) in [5, 5.41) is 14.1. The predicted octanol–water partition coefficient (Wildman–Crippen LogP) is 2.55. The van der Waals surface area contributed by atoms with Gasteiger partial charge in [-0.1, -0.05) is 25.5 Å². The smallest absolute Gasteiger partial charge is 0.0728 e. The SMILES string of the molecule is CCn1cc(CC2=CC(O)CC(C)(C)C2)cn1. The summed E-state index contributed by atoms with van der Waals surface area (Å²) >= 11 is 0. The summed E-state index contributed by atoms with van der Waals surface area (Å²) in [5.74, 6) is 0. The topological polar surface area (TPSA) is 38.0 Å². The van der Waals surface area contributed by atoms with Crippen LogP contribution in [0.1, 0.15) is 39.2 Å². The van der Waals surface area contributed by atoms with Gasteiger partial charge in [0.15, 0.2) is 0 Å². The van der Waals surface area contributed by atoms with Crippen molar-refractivity contribution in [2.24, 2.45) is 5.41 Å². The lowest BCUT2D eigenvalue weighted by atomic mass is 9.75. The van der Waals surface area contributed by atoms with Crippen molar-refractivity contribution in [1.29, 1.82) is 0 Å². The molecule has 0 amide bonds. The summed E-state index contributed by atoms with van der Waals surface area (Å²) in [6, 6.07) is 0. The average molecular weight is 234 g/mol. The van der Waals surface area contributed by atoms with Crippen molar-refractivity contribution in [3.8, 4) is 0 Å². The molecule has 94 valence electrons. The minimum atomic E-state index is -0.282. The van der Waals surface area contributed by atoms with Crippen LogP contribution in [0.5, 0.6) is 0 Å². The average Bonchev–Trinajstić information content (AvgIpc) is 2.62. The highest BCUT2D eigenvalue weighted by atomic mass is 16.3. The zero-order chi connectivity index (χ0) is 12.5. The highest BCUT2D eigenvalue weighted by molar-refractivity contribution is 5.21. The van der Waals surface area contributed by atoms with Gasteiger partial charge in [-0.15, -0.1) is 0 Å². The fourth-order valence-corrected chi connectivity index (χ4v) is 2.70. The van der Waals surface area contributed by atoms with Gasteiger partial charge < -0.3 is 5.11 Å². The van der Waals surface area contributed by atoms with Gasteiger partial charge in [0.1, 0.15) is 0 Å². The molecule has 1 aromatic heterocycles. The summed E-state index contributed by atoms with van der Waals surface area (Å²) in [4.78, 5) is 0. The van der Waals surface area contributed by atoms with E-state index in [-0.39, 0.29) is 11.5 Å². The lowest BCUT2D eigenvalue weighted by Crippen LogP contribution is -2.25. The van der Waals surface area contributed by atoms with Gasteiger partial charge in [-0.3, -0.25) is 4.68 Å². The Balaban J connectivity index is 2.08. The molecule has 0 radical (unpaired) electrons. The van der Waals surface area contributed by atoms with Crippen LogP contribution in [-0.4, -0.2) is 21.0 Å². The van der Waals surface area contributed by atoms with E-state index in [0.29, 0.717) is 0 Å². The lowest BCUT2D eigenvalue weighted by Gasteiger charge is -2.32. The van der Waals surface area contributed by atoms with E-state index in [9.17, 15) is 5.11 Å². The molecule has 1 heterocycles. The molecule has 0 saturated carbocycles. The Morgan fingerprint density at radius 1 is 1.53 bits per heavy atom. The highest BCUT2D eigenvalue weighted by Gasteiger charge is 2.27. The van der Waals surface area contributed by atoms with Gasteiger partial charge >= 0.3 is 0 Å². The van der Waals surface area contributed by atoms with E-state index in [2.05, 4.69) is 32.1 Å². The van der Waals surface area contributed by atoms with Crippen molar-refractivity contribution in [2.75, 3.05) is 0 Å². The normalized spacial score (nSPS) is 23.5. The standard InChI is InChI=1S/C14H22N2O/c1-4-16-10-12(9-15-16)5-11-6-13(17)8-14(2,3)7-11/h6,9-10,13,17H,4-5,7-8H2,1-3H3. The second-order valence-electron chi connectivity index (χ2n) is 5.82. The summed E-state index contributed by atoms with van der Waals surface area (Å²) < 4.78 is 1.94. The Labute approximate surface area is 103 Å². The first-order valence-corrected chi connectivity index (χ1v) is 6.37. The number of allylic oxidation sites excluding steroid dienone is 1. The number of nitrogens with zero attached hydrogens (tertiary/aromatic N) is 2. The molecule has 0 aromatic carbocycles. The van der Waals surface area contributed by atoms with E-state index < -0.39 is 0 Å². The van der Waals surface area contributed by atoms with Crippen molar-refractivity contribution in [2.45, 2.75) is 52.7 Å². The molecule has 0 saturated heterocycles. The summed E-state index contributed by atoms with van der Waals surface area (Å²) in [7, 11) is 0. The summed E-state index contributed by atoms with van der Waals surface area (Å²) in [6.07, 6.45) is 8.61. The molecule has 1 unspecified atom stereocenters. The fraction of sp³-hybridized carbons (Fsp3) is 0.643. The van der Waals surface area contributed by atoms with Gasteiger partial charge in [0, 0.05) is 12.7 Å². The molecule has 1 atom stereocenters. The van der Waals surface area contributed by atoms with Crippen LogP contribution >= 0.6 is 0 Å². The van der Waals surface area contributed by atoms with Gasteiger partial charge in [-0.05, 0) is 37.2 Å². The number of aryl methyl sites for hydroxylation is 1. The summed E-state index contributed by atoms with van der Waals surface area (Å²) in [6.45, 7) is 7.44. The number of aliphatic hydroxyl groups is 1. The second-order valence-corrected chi connectivity index (χ2v) is 5.82. The first-order chi connectivity index (χ1) is 7.98. The van der Waals surface area contributed by atoms with E-state index in [1.807, 2.05) is 17.0 Å². The Hall–Kier alpha value is -1.09. The molecule has 0 fully saturated rings. The Morgan fingerprint density at radius 3 is 2.88 bits per heavy atom. The highest BCUT2D eigenvalue weighted by Crippen LogP contribution is 2.36. The van der Waals surface area contributed by atoms with Gasteiger partial charge in [0.05, 0.1) is 12.3 Å². The number of hydrogen-bond acceptors (Lipinski definition) is 2.